The Morgan fingerprint density at radius 2 is 2.26 bits per heavy atom. The van der Waals surface area contributed by atoms with Crippen molar-refractivity contribution in [2.75, 3.05) is 7.11 Å². The van der Waals surface area contributed by atoms with Gasteiger partial charge in [-0.3, -0.25) is 4.79 Å². The van der Waals surface area contributed by atoms with E-state index in [4.69, 9.17) is 4.74 Å². The number of carbonyl (C=O) groups excluding carboxylic acids is 1. The third kappa shape index (κ3) is 1.29. The Labute approximate surface area is 113 Å². The molecule has 0 N–H and O–H groups in total. The van der Waals surface area contributed by atoms with Gasteiger partial charge in [-0.2, -0.15) is 0 Å². The highest BCUT2D eigenvalue weighted by molar-refractivity contribution is 6.02. The summed E-state index contributed by atoms with van der Waals surface area (Å²) in [6.07, 6.45) is 8.12. The molecule has 0 aromatic heterocycles. The molecule has 98 valence electrons. The van der Waals surface area contributed by atoms with Crippen LogP contribution in [0.3, 0.4) is 0 Å². The van der Waals surface area contributed by atoms with Gasteiger partial charge in [0.25, 0.3) is 0 Å². The standard InChI is InChI=1S/C17H18O2/c1-19-14-4-2-3-12(10-14)16(18)17-8-7-15(17)11-5-6-13(17)9-11/h2-6,10-11,13,15H,7-9H2,1H3/t11-,13+,15+,17+/m0/s1. The molecule has 0 amide bonds. The van der Waals surface area contributed by atoms with Gasteiger partial charge in [0.2, 0.25) is 0 Å². The molecule has 1 aromatic carbocycles. The number of hydrogen-bond acceptors (Lipinski definition) is 2. The molecule has 4 atom stereocenters. The third-order valence-electron chi connectivity index (χ3n) is 5.58. The average Bonchev–Trinajstić information content (AvgIpc) is 2.94. The highest BCUT2D eigenvalue weighted by Crippen LogP contribution is 2.67. The van der Waals surface area contributed by atoms with Crippen LogP contribution in [0.1, 0.15) is 29.6 Å². The zero-order chi connectivity index (χ0) is 13.0. The van der Waals surface area contributed by atoms with E-state index in [1.165, 1.54) is 12.8 Å². The van der Waals surface area contributed by atoms with E-state index in [-0.39, 0.29) is 5.41 Å². The van der Waals surface area contributed by atoms with Crippen LogP contribution in [0.4, 0.5) is 0 Å². The Balaban J connectivity index is 1.73. The number of allylic oxidation sites excluding steroid dienone is 2. The number of carbonyl (C=O) groups is 1. The molecule has 3 aliphatic rings. The summed E-state index contributed by atoms with van der Waals surface area (Å²) in [5, 5.41) is 0. The van der Waals surface area contributed by atoms with E-state index < -0.39 is 0 Å². The first kappa shape index (κ1) is 11.3. The molecule has 0 spiro atoms. The van der Waals surface area contributed by atoms with Crippen LogP contribution in [-0.2, 0) is 0 Å². The molecule has 0 aliphatic heterocycles. The molecule has 2 heteroatoms. The first-order valence-electron chi connectivity index (χ1n) is 7.13. The van der Waals surface area contributed by atoms with Gasteiger partial charge >= 0.3 is 0 Å². The molecule has 2 bridgehead atoms. The number of ketones is 1. The van der Waals surface area contributed by atoms with Crippen molar-refractivity contribution in [2.24, 2.45) is 23.2 Å². The molecule has 2 saturated carbocycles. The molecule has 0 heterocycles. The second kappa shape index (κ2) is 3.72. The van der Waals surface area contributed by atoms with Crippen LogP contribution in [0.15, 0.2) is 36.4 Å². The fourth-order valence-electron chi connectivity index (χ4n) is 4.57. The molecular weight excluding hydrogens is 236 g/mol. The molecule has 3 aliphatic carbocycles. The Hall–Kier alpha value is -1.57. The van der Waals surface area contributed by atoms with Gasteiger partial charge in [0.15, 0.2) is 5.78 Å². The van der Waals surface area contributed by atoms with Crippen LogP contribution in [-0.4, -0.2) is 12.9 Å². The molecule has 0 radical (unpaired) electrons. The van der Waals surface area contributed by atoms with E-state index in [9.17, 15) is 4.79 Å². The van der Waals surface area contributed by atoms with Crippen molar-refractivity contribution >= 4 is 5.78 Å². The summed E-state index contributed by atoms with van der Waals surface area (Å²) in [6.45, 7) is 0. The summed E-state index contributed by atoms with van der Waals surface area (Å²) >= 11 is 0. The van der Waals surface area contributed by atoms with Gasteiger partial charge in [-0.25, -0.2) is 0 Å². The van der Waals surface area contributed by atoms with Crippen molar-refractivity contribution in [3.63, 3.8) is 0 Å². The van der Waals surface area contributed by atoms with E-state index >= 15 is 0 Å². The maximum absolute atomic E-state index is 13.0. The SMILES string of the molecule is COc1cccc(C(=O)[C@@]23CC[C@@H]2[C@H]2C=C[C@@H]3C2)c1. The normalized spacial score (nSPS) is 37.8. The van der Waals surface area contributed by atoms with E-state index in [0.717, 1.165) is 17.7 Å². The van der Waals surface area contributed by atoms with Crippen molar-refractivity contribution in [1.82, 2.24) is 0 Å². The van der Waals surface area contributed by atoms with E-state index in [1.54, 1.807) is 7.11 Å². The van der Waals surface area contributed by atoms with Crippen molar-refractivity contribution in [2.45, 2.75) is 19.3 Å². The molecule has 19 heavy (non-hydrogen) atoms. The highest BCUT2D eigenvalue weighted by Gasteiger charge is 2.64. The second-order valence-corrected chi connectivity index (χ2v) is 6.14. The van der Waals surface area contributed by atoms with Gasteiger partial charge < -0.3 is 4.74 Å². The van der Waals surface area contributed by atoms with E-state index in [0.29, 0.717) is 23.5 Å². The second-order valence-electron chi connectivity index (χ2n) is 6.14. The maximum Gasteiger partial charge on any atom is 0.170 e. The maximum atomic E-state index is 13.0. The number of Topliss-reactive ketones (excluding diaryl/α,β-unsaturated/α-hetero) is 1. The summed E-state index contributed by atoms with van der Waals surface area (Å²) in [5.41, 5.74) is 0.746. The average molecular weight is 254 g/mol. The quantitative estimate of drug-likeness (QED) is 0.609. The molecule has 2 fully saturated rings. The van der Waals surface area contributed by atoms with Gasteiger partial charge in [0.05, 0.1) is 7.11 Å². The van der Waals surface area contributed by atoms with E-state index in [2.05, 4.69) is 12.2 Å². The Morgan fingerprint density at radius 1 is 1.37 bits per heavy atom. The lowest BCUT2D eigenvalue weighted by molar-refractivity contribution is 0.0203. The van der Waals surface area contributed by atoms with Gasteiger partial charge in [0.1, 0.15) is 5.75 Å². The van der Waals surface area contributed by atoms with Gasteiger partial charge in [-0.15, -0.1) is 0 Å². The van der Waals surface area contributed by atoms with Crippen molar-refractivity contribution in [1.29, 1.82) is 0 Å². The minimum Gasteiger partial charge on any atom is -0.497 e. The smallest absolute Gasteiger partial charge is 0.170 e. The van der Waals surface area contributed by atoms with Crippen LogP contribution in [0.2, 0.25) is 0 Å². The topological polar surface area (TPSA) is 26.3 Å². The Morgan fingerprint density at radius 3 is 2.95 bits per heavy atom. The summed E-state index contributed by atoms with van der Waals surface area (Å²) in [4.78, 5) is 13.0. The molecule has 4 rings (SSSR count). The monoisotopic (exact) mass is 254 g/mol. The zero-order valence-electron chi connectivity index (χ0n) is 11.1. The number of ether oxygens (including phenoxy) is 1. The minimum atomic E-state index is -0.0776. The number of benzene rings is 1. The van der Waals surface area contributed by atoms with Gasteiger partial charge in [-0.1, -0.05) is 24.3 Å². The molecule has 0 saturated heterocycles. The Kier molecular flexibility index (Phi) is 2.21. The zero-order valence-corrected chi connectivity index (χ0v) is 11.1. The highest BCUT2D eigenvalue weighted by atomic mass is 16.5. The van der Waals surface area contributed by atoms with Gasteiger partial charge in [0, 0.05) is 11.0 Å². The molecule has 2 nitrogen and oxygen atoms in total. The largest absolute Gasteiger partial charge is 0.497 e. The lowest BCUT2D eigenvalue weighted by atomic mass is 9.52. The number of fused-ring (bicyclic) bond motifs is 5. The summed E-state index contributed by atoms with van der Waals surface area (Å²) in [5.74, 6) is 2.86. The van der Waals surface area contributed by atoms with Crippen LogP contribution in [0, 0.1) is 23.2 Å². The van der Waals surface area contributed by atoms with Crippen molar-refractivity contribution in [3.8, 4) is 5.75 Å². The van der Waals surface area contributed by atoms with Crippen LogP contribution in [0.5, 0.6) is 5.75 Å². The summed E-state index contributed by atoms with van der Waals surface area (Å²) in [7, 11) is 1.65. The third-order valence-corrected chi connectivity index (χ3v) is 5.58. The molecule has 0 unspecified atom stereocenters. The van der Waals surface area contributed by atoms with Crippen LogP contribution < -0.4 is 4.74 Å². The summed E-state index contributed by atoms with van der Waals surface area (Å²) in [6, 6.07) is 7.64. The number of hydrogen-bond donors (Lipinski definition) is 0. The van der Waals surface area contributed by atoms with Crippen molar-refractivity contribution < 1.29 is 9.53 Å². The lowest BCUT2D eigenvalue weighted by Crippen LogP contribution is -2.49. The lowest BCUT2D eigenvalue weighted by Gasteiger charge is -2.49. The fourth-order valence-corrected chi connectivity index (χ4v) is 4.57. The van der Waals surface area contributed by atoms with Crippen LogP contribution in [0.25, 0.3) is 0 Å². The minimum absolute atomic E-state index is 0.0776. The number of rotatable bonds is 3. The molecule has 1 aromatic rings. The first-order chi connectivity index (χ1) is 9.25. The van der Waals surface area contributed by atoms with Gasteiger partial charge in [-0.05, 0) is 49.1 Å². The molecular formula is C17H18O2. The Bertz CT molecular complexity index is 574. The van der Waals surface area contributed by atoms with Crippen molar-refractivity contribution in [3.05, 3.63) is 42.0 Å². The first-order valence-corrected chi connectivity index (χ1v) is 7.13. The predicted molar refractivity (Wildman–Crippen MR) is 73.2 cm³/mol. The van der Waals surface area contributed by atoms with Crippen LogP contribution >= 0.6 is 0 Å². The van der Waals surface area contributed by atoms with E-state index in [1.807, 2.05) is 24.3 Å². The fraction of sp³-hybridized carbons (Fsp3) is 0.471. The predicted octanol–water partition coefficient (Wildman–Crippen LogP) is 3.48. The number of methoxy groups -OCH3 is 1. The summed E-state index contributed by atoms with van der Waals surface area (Å²) < 4.78 is 5.24.